The molecule has 38 heavy (non-hydrogen) atoms. The van der Waals surface area contributed by atoms with Crippen LogP contribution in [0.4, 0.5) is 13.2 Å². The molecule has 4 atom stereocenters. The Kier molecular flexibility index (Phi) is 5.16. The summed E-state index contributed by atoms with van der Waals surface area (Å²) in [6.07, 6.45) is 2.93. The Morgan fingerprint density at radius 3 is 2.66 bits per heavy atom. The molecule has 6 rings (SSSR count). The molecule has 1 saturated heterocycles. The van der Waals surface area contributed by atoms with Crippen molar-refractivity contribution in [2.75, 3.05) is 0 Å². The summed E-state index contributed by atoms with van der Waals surface area (Å²) in [5.74, 6) is -9.60. The summed E-state index contributed by atoms with van der Waals surface area (Å²) in [7, 11) is -5.37. The standard InChI is InChI=1S/C22H18F3N3O9S/c23-10-3-11(24)19(37-38(33,34)35)15(25)8(10)5-26-20(31)9-6-27-7-14-28(21(32)16(27)18(30)17(9)29)12-4-22(12)2-1-13(22)36-14/h3,6,12-14,30H,1-2,4-5,7H2,(H,26,31)(H,33,34,35)/t12-,13-,14-,22?/m1/s1. The predicted octanol–water partition coefficient (Wildman–Crippen LogP) is 0.816. The van der Waals surface area contributed by atoms with E-state index in [0.717, 1.165) is 25.5 Å². The highest BCUT2D eigenvalue weighted by Gasteiger charge is 2.72. The SMILES string of the molecule is O=C(NCc1c(F)cc(F)c(OS(=O)(=O)O)c1F)c1cn2c(c(O)c1=O)C(=O)N1[C@@H](C2)O[C@@H]2CCC23C[C@@H]13. The van der Waals surface area contributed by atoms with Crippen molar-refractivity contribution < 1.29 is 49.8 Å². The Balaban J connectivity index is 1.27. The van der Waals surface area contributed by atoms with E-state index in [0.29, 0.717) is 0 Å². The molecule has 1 spiro atoms. The second kappa shape index (κ2) is 7.94. The topological polar surface area (TPSA) is 164 Å². The highest BCUT2D eigenvalue weighted by Crippen LogP contribution is 2.67. The third-order valence-electron chi connectivity index (χ3n) is 7.69. The van der Waals surface area contributed by atoms with Gasteiger partial charge in [0.1, 0.15) is 11.4 Å². The first-order chi connectivity index (χ1) is 17.8. The van der Waals surface area contributed by atoms with Crippen LogP contribution in [0, 0.1) is 22.9 Å². The molecule has 2 aromatic rings. The number of carbonyl (C=O) groups is 2. The number of halogens is 3. The number of aromatic hydroxyl groups is 1. The smallest absolute Gasteiger partial charge is 0.446 e. The number of hydrogen-bond donors (Lipinski definition) is 3. The van der Waals surface area contributed by atoms with Gasteiger partial charge in [0.05, 0.1) is 12.6 Å². The second-order valence-electron chi connectivity index (χ2n) is 9.66. The van der Waals surface area contributed by atoms with E-state index in [9.17, 15) is 41.1 Å². The van der Waals surface area contributed by atoms with Crippen LogP contribution in [0.2, 0.25) is 0 Å². The first kappa shape index (κ1) is 24.7. The summed E-state index contributed by atoms with van der Waals surface area (Å²) in [6.45, 7) is -0.986. The second-order valence-corrected chi connectivity index (χ2v) is 10.7. The number of fused-ring (bicyclic) bond motifs is 3. The zero-order valence-electron chi connectivity index (χ0n) is 19.1. The molecule has 1 unspecified atom stereocenters. The van der Waals surface area contributed by atoms with Crippen LogP contribution in [-0.2, 0) is 28.2 Å². The van der Waals surface area contributed by atoms with Crippen molar-refractivity contribution >= 4 is 22.2 Å². The average Bonchev–Trinajstić information content (AvgIpc) is 3.58. The highest BCUT2D eigenvalue weighted by atomic mass is 32.3. The highest BCUT2D eigenvalue weighted by molar-refractivity contribution is 7.81. The predicted molar refractivity (Wildman–Crippen MR) is 117 cm³/mol. The number of hydrogen-bond acceptors (Lipinski definition) is 8. The first-order valence-corrected chi connectivity index (χ1v) is 12.7. The van der Waals surface area contributed by atoms with Gasteiger partial charge >= 0.3 is 10.4 Å². The van der Waals surface area contributed by atoms with Crippen LogP contribution in [0.5, 0.6) is 11.5 Å². The van der Waals surface area contributed by atoms with Crippen LogP contribution in [0.3, 0.4) is 0 Å². The number of aromatic nitrogens is 1. The van der Waals surface area contributed by atoms with Gasteiger partial charge in [-0.25, -0.2) is 13.2 Å². The fourth-order valence-corrected chi connectivity index (χ4v) is 6.04. The van der Waals surface area contributed by atoms with E-state index in [1.807, 2.05) is 5.32 Å². The Morgan fingerprint density at radius 1 is 1.26 bits per heavy atom. The molecule has 12 nitrogen and oxygen atoms in total. The molecular weight excluding hydrogens is 539 g/mol. The minimum atomic E-state index is -5.37. The van der Waals surface area contributed by atoms with Gasteiger partial charge < -0.3 is 28.8 Å². The maximum absolute atomic E-state index is 14.6. The summed E-state index contributed by atoms with van der Waals surface area (Å²) >= 11 is 0. The minimum Gasteiger partial charge on any atom is -0.503 e. The molecule has 2 amide bonds. The molecule has 2 aliphatic carbocycles. The van der Waals surface area contributed by atoms with Crippen molar-refractivity contribution in [1.82, 2.24) is 14.8 Å². The van der Waals surface area contributed by atoms with Crippen molar-refractivity contribution in [2.24, 2.45) is 5.41 Å². The number of amides is 2. The number of nitrogens with zero attached hydrogens (tertiary/aromatic N) is 2. The van der Waals surface area contributed by atoms with Crippen LogP contribution in [0.1, 0.15) is 45.7 Å². The summed E-state index contributed by atoms with van der Waals surface area (Å²) in [6, 6.07) is 0.0250. The minimum absolute atomic E-state index is 0.00837. The van der Waals surface area contributed by atoms with Gasteiger partial charge in [-0.3, -0.25) is 18.9 Å². The normalized spacial score (nSPS) is 26.9. The number of benzene rings is 1. The monoisotopic (exact) mass is 557 g/mol. The maximum Gasteiger partial charge on any atom is 0.446 e. The lowest BCUT2D eigenvalue weighted by molar-refractivity contribution is -0.196. The summed E-state index contributed by atoms with van der Waals surface area (Å²) in [4.78, 5) is 40.2. The molecule has 4 aliphatic rings. The molecule has 1 aromatic carbocycles. The van der Waals surface area contributed by atoms with Crippen LogP contribution in [0.15, 0.2) is 17.1 Å². The number of pyridine rings is 1. The number of nitrogens with one attached hydrogen (secondary N) is 1. The fourth-order valence-electron chi connectivity index (χ4n) is 5.68. The van der Waals surface area contributed by atoms with Gasteiger partial charge in [0.2, 0.25) is 11.2 Å². The van der Waals surface area contributed by atoms with Crippen molar-refractivity contribution in [3.05, 3.63) is 56.8 Å². The average molecular weight is 557 g/mol. The quantitative estimate of drug-likeness (QED) is 0.452. The number of rotatable bonds is 5. The van der Waals surface area contributed by atoms with Gasteiger partial charge in [-0.2, -0.15) is 8.42 Å². The Labute approximate surface area is 211 Å². The molecular formula is C22H18F3N3O9S. The van der Waals surface area contributed by atoms with E-state index in [4.69, 9.17) is 9.29 Å². The van der Waals surface area contributed by atoms with E-state index in [1.165, 1.54) is 9.47 Å². The van der Waals surface area contributed by atoms with E-state index in [1.54, 1.807) is 0 Å². The van der Waals surface area contributed by atoms with Crippen molar-refractivity contribution in [2.45, 2.75) is 50.7 Å². The zero-order chi connectivity index (χ0) is 27.3. The molecule has 16 heteroatoms. The lowest BCUT2D eigenvalue weighted by Crippen LogP contribution is -2.61. The molecule has 202 valence electrons. The van der Waals surface area contributed by atoms with Gasteiger partial charge in [0, 0.05) is 35.8 Å². The van der Waals surface area contributed by atoms with Crippen LogP contribution < -0.4 is 14.9 Å². The summed E-state index contributed by atoms with van der Waals surface area (Å²) in [5.41, 5.74) is -3.29. The third-order valence-corrected chi connectivity index (χ3v) is 8.06. The molecule has 2 saturated carbocycles. The van der Waals surface area contributed by atoms with Crippen LogP contribution >= 0.6 is 0 Å². The summed E-state index contributed by atoms with van der Waals surface area (Å²) in [5, 5.41) is 12.6. The lowest BCUT2D eigenvalue weighted by atomic mass is 9.76. The maximum atomic E-state index is 14.6. The third kappa shape index (κ3) is 3.50. The number of carbonyl (C=O) groups excluding carboxylic acids is 2. The molecule has 0 radical (unpaired) electrons. The van der Waals surface area contributed by atoms with Gasteiger partial charge in [0.15, 0.2) is 29.3 Å². The van der Waals surface area contributed by atoms with Crippen molar-refractivity contribution in [3.63, 3.8) is 0 Å². The summed E-state index contributed by atoms with van der Waals surface area (Å²) < 4.78 is 84.0. The van der Waals surface area contributed by atoms with Gasteiger partial charge in [-0.15, -0.1) is 0 Å². The Morgan fingerprint density at radius 2 is 2.00 bits per heavy atom. The van der Waals surface area contributed by atoms with Gasteiger partial charge in [0.25, 0.3) is 11.8 Å². The van der Waals surface area contributed by atoms with Gasteiger partial charge in [-0.05, 0) is 19.3 Å². The van der Waals surface area contributed by atoms with E-state index in [-0.39, 0.29) is 35.9 Å². The molecule has 1 aromatic heterocycles. The molecule has 3 N–H and O–H groups in total. The van der Waals surface area contributed by atoms with Crippen LogP contribution in [-0.4, -0.2) is 57.7 Å². The largest absolute Gasteiger partial charge is 0.503 e. The van der Waals surface area contributed by atoms with Crippen molar-refractivity contribution in [3.8, 4) is 11.5 Å². The van der Waals surface area contributed by atoms with Gasteiger partial charge in [-0.1, -0.05) is 0 Å². The Bertz CT molecular complexity index is 1610. The molecule has 3 heterocycles. The first-order valence-electron chi connectivity index (χ1n) is 11.4. The van der Waals surface area contributed by atoms with E-state index >= 15 is 0 Å². The van der Waals surface area contributed by atoms with Crippen molar-refractivity contribution in [1.29, 1.82) is 0 Å². The van der Waals surface area contributed by atoms with E-state index in [2.05, 4.69) is 4.18 Å². The fraction of sp³-hybridized carbons (Fsp3) is 0.409. The lowest BCUT2D eigenvalue weighted by Gasteiger charge is -2.50. The molecule has 0 bridgehead atoms. The zero-order valence-corrected chi connectivity index (χ0v) is 19.9. The van der Waals surface area contributed by atoms with E-state index < -0.39 is 80.5 Å². The Hall–Kier alpha value is -3.63. The molecule has 3 fully saturated rings. The molecule has 2 aliphatic heterocycles. The number of ether oxygens (including phenoxy) is 1. The van der Waals surface area contributed by atoms with Crippen LogP contribution in [0.25, 0.3) is 0 Å².